The number of nitrogens with zero attached hydrogens (tertiary/aromatic N) is 1. The molecular weight excluding hydrogens is 348 g/mol. The molecule has 1 N–H and O–H groups in total. The molecule has 1 amide bonds. The summed E-state index contributed by atoms with van der Waals surface area (Å²) in [4.78, 5) is 16.7. The number of carbonyl (C=O) groups excluding carboxylic acids is 1. The van der Waals surface area contributed by atoms with Gasteiger partial charge in [0.2, 0.25) is 5.91 Å². The first-order chi connectivity index (χ1) is 12.7. The number of thiazole rings is 1. The number of nitrogens with one attached hydrogen (secondary N) is 1. The lowest BCUT2D eigenvalue weighted by Gasteiger charge is -2.09. The molecule has 0 aliphatic heterocycles. The van der Waals surface area contributed by atoms with Crippen LogP contribution in [0.2, 0.25) is 0 Å². The van der Waals surface area contributed by atoms with Gasteiger partial charge in [0, 0.05) is 19.0 Å². The highest BCUT2D eigenvalue weighted by atomic mass is 32.1. The molecule has 1 heterocycles. The number of methoxy groups -OCH3 is 2. The summed E-state index contributed by atoms with van der Waals surface area (Å²) in [6.45, 7) is 0.452. The van der Waals surface area contributed by atoms with Gasteiger partial charge in [-0.05, 0) is 42.7 Å². The maximum atomic E-state index is 12.1. The Balaban J connectivity index is 1.47. The van der Waals surface area contributed by atoms with Gasteiger partial charge in [-0.25, -0.2) is 4.98 Å². The van der Waals surface area contributed by atoms with E-state index >= 15 is 0 Å². The van der Waals surface area contributed by atoms with E-state index in [9.17, 15) is 4.79 Å². The van der Waals surface area contributed by atoms with Gasteiger partial charge in [0.25, 0.3) is 0 Å². The maximum Gasteiger partial charge on any atom is 0.220 e. The number of amides is 1. The molecule has 5 nitrogen and oxygen atoms in total. The van der Waals surface area contributed by atoms with Crippen molar-refractivity contribution in [2.24, 2.45) is 0 Å². The van der Waals surface area contributed by atoms with Gasteiger partial charge in [-0.3, -0.25) is 4.79 Å². The Morgan fingerprint density at radius 1 is 1.12 bits per heavy atom. The summed E-state index contributed by atoms with van der Waals surface area (Å²) >= 11 is 1.70. The summed E-state index contributed by atoms with van der Waals surface area (Å²) in [5.41, 5.74) is 1.98. The number of benzene rings is 2. The van der Waals surface area contributed by atoms with Crippen molar-refractivity contribution in [3.8, 4) is 11.5 Å². The van der Waals surface area contributed by atoms with Gasteiger partial charge in [-0.15, -0.1) is 11.3 Å². The number of fused-ring (bicyclic) bond motifs is 1. The van der Waals surface area contributed by atoms with Crippen LogP contribution in [0, 0.1) is 0 Å². The quantitative estimate of drug-likeness (QED) is 0.652. The first kappa shape index (κ1) is 18.2. The zero-order chi connectivity index (χ0) is 18.4. The van der Waals surface area contributed by atoms with Crippen molar-refractivity contribution in [2.75, 3.05) is 14.2 Å². The number of aryl methyl sites for hydroxylation is 1. The molecule has 0 unspecified atom stereocenters. The van der Waals surface area contributed by atoms with Crippen molar-refractivity contribution < 1.29 is 14.3 Å². The molecule has 3 aromatic rings. The highest BCUT2D eigenvalue weighted by Crippen LogP contribution is 2.23. The summed E-state index contributed by atoms with van der Waals surface area (Å²) in [5.74, 6) is 1.46. The van der Waals surface area contributed by atoms with Gasteiger partial charge < -0.3 is 14.8 Å². The Kier molecular flexibility index (Phi) is 6.07. The van der Waals surface area contributed by atoms with Crippen LogP contribution in [0.1, 0.15) is 23.4 Å². The van der Waals surface area contributed by atoms with Crippen LogP contribution in [0.5, 0.6) is 11.5 Å². The summed E-state index contributed by atoms with van der Waals surface area (Å²) in [7, 11) is 3.22. The van der Waals surface area contributed by atoms with Crippen LogP contribution >= 0.6 is 11.3 Å². The molecule has 0 aliphatic rings. The van der Waals surface area contributed by atoms with Crippen LogP contribution in [0.15, 0.2) is 42.5 Å². The lowest BCUT2D eigenvalue weighted by Crippen LogP contribution is -2.22. The first-order valence-electron chi connectivity index (χ1n) is 8.51. The van der Waals surface area contributed by atoms with Crippen LogP contribution in [-0.4, -0.2) is 25.1 Å². The standard InChI is InChI=1S/C20H22N2O3S/c1-24-15-10-14(11-16(12-15)25-2)13-21-19(23)8-5-9-20-22-17-6-3-4-7-18(17)26-20/h3-4,6-7,10-12H,5,8-9,13H2,1-2H3,(H,21,23). The van der Waals surface area contributed by atoms with Crippen molar-refractivity contribution in [3.05, 3.63) is 53.0 Å². The van der Waals surface area contributed by atoms with Gasteiger partial charge in [-0.2, -0.15) is 0 Å². The monoisotopic (exact) mass is 370 g/mol. The molecule has 3 rings (SSSR count). The Morgan fingerprint density at radius 2 is 1.85 bits per heavy atom. The first-order valence-corrected chi connectivity index (χ1v) is 9.32. The van der Waals surface area contributed by atoms with Crippen LogP contribution in [0.4, 0.5) is 0 Å². The van der Waals surface area contributed by atoms with Gasteiger partial charge >= 0.3 is 0 Å². The Hall–Kier alpha value is -2.60. The smallest absolute Gasteiger partial charge is 0.220 e. The number of rotatable bonds is 8. The van der Waals surface area contributed by atoms with E-state index in [4.69, 9.17) is 9.47 Å². The summed E-state index contributed by atoms with van der Waals surface area (Å²) in [5, 5.41) is 4.03. The molecule has 0 radical (unpaired) electrons. The molecule has 0 saturated carbocycles. The largest absolute Gasteiger partial charge is 0.497 e. The van der Waals surface area contributed by atoms with E-state index in [1.165, 1.54) is 4.70 Å². The van der Waals surface area contributed by atoms with E-state index in [1.54, 1.807) is 25.6 Å². The molecule has 0 bridgehead atoms. The van der Waals surface area contributed by atoms with Gasteiger partial charge in [0.05, 0.1) is 29.4 Å². The van der Waals surface area contributed by atoms with E-state index in [1.807, 2.05) is 36.4 Å². The van der Waals surface area contributed by atoms with E-state index < -0.39 is 0 Å². The average molecular weight is 370 g/mol. The molecule has 136 valence electrons. The highest BCUT2D eigenvalue weighted by Gasteiger charge is 2.07. The zero-order valence-electron chi connectivity index (χ0n) is 15.0. The summed E-state index contributed by atoms with van der Waals surface area (Å²) < 4.78 is 11.7. The van der Waals surface area contributed by atoms with Gasteiger partial charge in [-0.1, -0.05) is 12.1 Å². The van der Waals surface area contributed by atoms with Crippen molar-refractivity contribution in [1.29, 1.82) is 0 Å². The number of para-hydroxylation sites is 1. The Labute approximate surface area is 157 Å². The predicted octanol–water partition coefficient (Wildman–Crippen LogP) is 3.95. The van der Waals surface area contributed by atoms with Crippen LogP contribution < -0.4 is 14.8 Å². The van der Waals surface area contributed by atoms with Gasteiger partial charge in [0.15, 0.2) is 0 Å². The van der Waals surface area contributed by atoms with E-state index in [2.05, 4.69) is 16.4 Å². The fourth-order valence-corrected chi connectivity index (χ4v) is 3.69. The van der Waals surface area contributed by atoms with Crippen molar-refractivity contribution in [1.82, 2.24) is 10.3 Å². The third kappa shape index (κ3) is 4.73. The summed E-state index contributed by atoms with van der Waals surface area (Å²) in [6.07, 6.45) is 2.09. The van der Waals surface area contributed by atoms with Crippen molar-refractivity contribution in [2.45, 2.75) is 25.8 Å². The normalized spacial score (nSPS) is 10.7. The third-order valence-electron chi connectivity index (χ3n) is 4.03. The Bertz CT molecular complexity index is 836. The van der Waals surface area contributed by atoms with Crippen LogP contribution in [-0.2, 0) is 17.8 Å². The van der Waals surface area contributed by atoms with Crippen molar-refractivity contribution >= 4 is 27.5 Å². The van der Waals surface area contributed by atoms with E-state index in [0.29, 0.717) is 24.5 Å². The topological polar surface area (TPSA) is 60.5 Å². The predicted molar refractivity (Wildman–Crippen MR) is 104 cm³/mol. The second-order valence-electron chi connectivity index (χ2n) is 5.93. The fourth-order valence-electron chi connectivity index (χ4n) is 2.68. The highest BCUT2D eigenvalue weighted by molar-refractivity contribution is 7.18. The summed E-state index contributed by atoms with van der Waals surface area (Å²) in [6, 6.07) is 13.7. The molecule has 0 fully saturated rings. The third-order valence-corrected chi connectivity index (χ3v) is 5.13. The second kappa shape index (κ2) is 8.67. The molecule has 0 saturated heterocycles. The molecule has 26 heavy (non-hydrogen) atoms. The second-order valence-corrected chi connectivity index (χ2v) is 7.04. The zero-order valence-corrected chi connectivity index (χ0v) is 15.8. The molecule has 2 aromatic carbocycles. The molecule has 0 spiro atoms. The minimum Gasteiger partial charge on any atom is -0.497 e. The molecule has 6 heteroatoms. The maximum absolute atomic E-state index is 12.1. The van der Waals surface area contributed by atoms with Crippen LogP contribution in [0.25, 0.3) is 10.2 Å². The Morgan fingerprint density at radius 3 is 2.54 bits per heavy atom. The SMILES string of the molecule is COc1cc(CNC(=O)CCCc2nc3ccccc3s2)cc(OC)c1. The minimum atomic E-state index is 0.0351. The lowest BCUT2D eigenvalue weighted by atomic mass is 10.2. The number of carbonyl (C=O) groups is 1. The minimum absolute atomic E-state index is 0.0351. The number of hydrogen-bond donors (Lipinski definition) is 1. The number of ether oxygens (including phenoxy) is 2. The van der Waals surface area contributed by atoms with Crippen molar-refractivity contribution in [3.63, 3.8) is 0 Å². The molecule has 1 aromatic heterocycles. The van der Waals surface area contributed by atoms with Crippen LogP contribution in [0.3, 0.4) is 0 Å². The van der Waals surface area contributed by atoms with E-state index in [0.717, 1.165) is 28.9 Å². The molecular formula is C20H22N2O3S. The lowest BCUT2D eigenvalue weighted by molar-refractivity contribution is -0.121. The fraction of sp³-hybridized carbons (Fsp3) is 0.300. The van der Waals surface area contributed by atoms with Gasteiger partial charge in [0.1, 0.15) is 11.5 Å². The average Bonchev–Trinajstić information content (AvgIpc) is 3.08. The molecule has 0 aliphatic carbocycles. The number of aromatic nitrogens is 1. The van der Waals surface area contributed by atoms with E-state index in [-0.39, 0.29) is 5.91 Å². The number of hydrogen-bond acceptors (Lipinski definition) is 5. The molecule has 0 atom stereocenters.